The lowest BCUT2D eigenvalue weighted by Gasteiger charge is -2.43. The number of halogens is 1. The molecule has 1 saturated carbocycles. The molecular weight excluding hydrogens is 460 g/mol. The van der Waals surface area contributed by atoms with Crippen molar-refractivity contribution in [1.82, 2.24) is 4.90 Å². The highest BCUT2D eigenvalue weighted by Gasteiger charge is 2.63. The van der Waals surface area contributed by atoms with Gasteiger partial charge in [0, 0.05) is 40.4 Å². The number of para-hydroxylation sites is 1. The second-order valence-corrected chi connectivity index (χ2v) is 11.6. The Kier molecular flexibility index (Phi) is 6.10. The summed E-state index contributed by atoms with van der Waals surface area (Å²) in [6.07, 6.45) is 6.01. The van der Waals surface area contributed by atoms with Crippen LogP contribution in [-0.2, 0) is 0 Å². The Labute approximate surface area is 213 Å². The van der Waals surface area contributed by atoms with Crippen molar-refractivity contribution >= 4 is 40.4 Å². The van der Waals surface area contributed by atoms with Crippen molar-refractivity contribution in [3.8, 4) is 0 Å². The molecule has 0 unspecified atom stereocenters. The maximum Gasteiger partial charge on any atom is 0.263 e. The molecule has 1 saturated heterocycles. The van der Waals surface area contributed by atoms with Gasteiger partial charge in [0.05, 0.1) is 5.69 Å². The third-order valence-electron chi connectivity index (χ3n) is 8.75. The SMILES string of the molecule is CC1(C)[C@@H]2CC[C@@]1(C)C(N1CCCCC1)=C2C(=S)N(C(=O)c1cccc(Cl)c1)c1ccccc1. The quantitative estimate of drug-likeness (QED) is 0.412. The molecule has 2 atom stereocenters. The number of rotatable bonds is 4. The average molecular weight is 493 g/mol. The largest absolute Gasteiger partial charge is 0.374 e. The van der Waals surface area contributed by atoms with Gasteiger partial charge in [-0.3, -0.25) is 9.69 Å². The zero-order chi connectivity index (χ0) is 24.1. The number of thiocarbonyl (C=S) groups is 1. The third kappa shape index (κ3) is 3.61. The molecule has 2 aromatic rings. The van der Waals surface area contributed by atoms with Crippen molar-refractivity contribution in [3.63, 3.8) is 0 Å². The van der Waals surface area contributed by atoms with Gasteiger partial charge < -0.3 is 4.90 Å². The molecule has 5 rings (SSSR count). The highest BCUT2D eigenvalue weighted by molar-refractivity contribution is 7.81. The van der Waals surface area contributed by atoms with Gasteiger partial charge in [-0.25, -0.2) is 0 Å². The van der Waals surface area contributed by atoms with E-state index in [-0.39, 0.29) is 16.7 Å². The lowest BCUT2D eigenvalue weighted by Crippen LogP contribution is -2.42. The highest BCUT2D eigenvalue weighted by Crippen LogP contribution is 2.68. The molecule has 3 aliphatic rings. The number of nitrogens with zero attached hydrogens (tertiary/aromatic N) is 2. The van der Waals surface area contributed by atoms with E-state index in [1.54, 1.807) is 17.0 Å². The van der Waals surface area contributed by atoms with Crippen LogP contribution in [0.1, 0.15) is 63.2 Å². The maximum atomic E-state index is 14.0. The van der Waals surface area contributed by atoms with Gasteiger partial charge in [0.25, 0.3) is 5.91 Å². The lowest BCUT2D eigenvalue weighted by atomic mass is 9.69. The summed E-state index contributed by atoms with van der Waals surface area (Å²) in [6.45, 7) is 9.38. The summed E-state index contributed by atoms with van der Waals surface area (Å²) in [7, 11) is 0. The molecular formula is C29H33ClN2OS. The number of carbonyl (C=O) groups is 1. The third-order valence-corrected chi connectivity index (χ3v) is 9.38. The number of fused-ring (bicyclic) bond motifs is 2. The fraction of sp³-hybridized carbons (Fsp3) is 0.448. The molecule has 0 N–H and O–H groups in total. The van der Waals surface area contributed by atoms with Gasteiger partial charge in [-0.05, 0) is 73.8 Å². The number of anilines is 1. The molecule has 34 heavy (non-hydrogen) atoms. The van der Waals surface area contributed by atoms with Crippen molar-refractivity contribution in [2.24, 2.45) is 16.7 Å². The van der Waals surface area contributed by atoms with Crippen LogP contribution in [0.4, 0.5) is 5.69 Å². The van der Waals surface area contributed by atoms with Crippen LogP contribution in [0, 0.1) is 16.7 Å². The summed E-state index contributed by atoms with van der Waals surface area (Å²) < 4.78 is 0. The van der Waals surface area contributed by atoms with E-state index >= 15 is 0 Å². The second-order valence-electron chi connectivity index (χ2n) is 10.7. The Morgan fingerprint density at radius 3 is 2.41 bits per heavy atom. The van der Waals surface area contributed by atoms with E-state index in [2.05, 4.69) is 25.7 Å². The molecule has 0 spiro atoms. The molecule has 2 aliphatic carbocycles. The van der Waals surface area contributed by atoms with E-state index in [0.29, 0.717) is 21.5 Å². The first-order valence-corrected chi connectivity index (χ1v) is 13.2. The van der Waals surface area contributed by atoms with Gasteiger partial charge in [-0.2, -0.15) is 0 Å². The van der Waals surface area contributed by atoms with Gasteiger partial charge >= 0.3 is 0 Å². The van der Waals surface area contributed by atoms with Crippen LogP contribution in [0.15, 0.2) is 65.9 Å². The number of allylic oxidation sites excluding steroid dienone is 1. The van der Waals surface area contributed by atoms with Gasteiger partial charge in [0.15, 0.2) is 0 Å². The Hall–Kier alpha value is -2.17. The predicted molar refractivity (Wildman–Crippen MR) is 144 cm³/mol. The zero-order valence-corrected chi connectivity index (χ0v) is 21.9. The van der Waals surface area contributed by atoms with Crippen molar-refractivity contribution in [1.29, 1.82) is 0 Å². The molecule has 2 bridgehead atoms. The number of likely N-dealkylation sites (tertiary alicyclic amines) is 1. The first kappa shape index (κ1) is 23.6. The van der Waals surface area contributed by atoms with E-state index in [1.165, 1.54) is 37.0 Å². The van der Waals surface area contributed by atoms with Crippen molar-refractivity contribution in [2.75, 3.05) is 18.0 Å². The maximum absolute atomic E-state index is 14.0. The molecule has 178 valence electrons. The van der Waals surface area contributed by atoms with Gasteiger partial charge in [0.1, 0.15) is 4.99 Å². The summed E-state index contributed by atoms with van der Waals surface area (Å²) in [5, 5.41) is 0.548. The zero-order valence-electron chi connectivity index (χ0n) is 20.3. The van der Waals surface area contributed by atoms with Crippen LogP contribution in [0.25, 0.3) is 0 Å². The van der Waals surface area contributed by atoms with Crippen LogP contribution >= 0.6 is 23.8 Å². The van der Waals surface area contributed by atoms with E-state index in [1.807, 2.05) is 42.5 Å². The van der Waals surface area contributed by atoms with Gasteiger partial charge in [-0.15, -0.1) is 0 Å². The minimum Gasteiger partial charge on any atom is -0.374 e. The van der Waals surface area contributed by atoms with E-state index in [0.717, 1.165) is 25.2 Å². The molecule has 1 heterocycles. The highest BCUT2D eigenvalue weighted by atomic mass is 35.5. The standard InChI is InChI=1S/C29H33ClN2OS/c1-28(2)23-15-16-29(28,3)25(31-17-8-5-9-18-31)24(23)27(34)32(22-13-6-4-7-14-22)26(33)20-11-10-12-21(30)19-20/h4,6-7,10-14,19,23H,5,8-9,15-18H2,1-3H3/t23-,29+/m1/s1. The summed E-state index contributed by atoms with van der Waals surface area (Å²) in [4.78, 5) is 19.0. The minimum atomic E-state index is -0.130. The van der Waals surface area contributed by atoms with Crippen LogP contribution in [0.2, 0.25) is 5.02 Å². The average Bonchev–Trinajstić information content (AvgIpc) is 3.17. The van der Waals surface area contributed by atoms with Crippen molar-refractivity contribution in [2.45, 2.75) is 52.9 Å². The molecule has 5 heteroatoms. The number of carbonyl (C=O) groups excluding carboxylic acids is 1. The number of piperidine rings is 1. The summed E-state index contributed by atoms with van der Waals surface area (Å²) in [6, 6.07) is 17.0. The molecule has 2 fully saturated rings. The molecule has 0 radical (unpaired) electrons. The van der Waals surface area contributed by atoms with Crippen LogP contribution in [0.5, 0.6) is 0 Å². The predicted octanol–water partition coefficient (Wildman–Crippen LogP) is 7.51. The molecule has 3 nitrogen and oxygen atoms in total. The lowest BCUT2D eigenvalue weighted by molar-refractivity contribution is 0.100. The number of benzene rings is 2. The smallest absolute Gasteiger partial charge is 0.263 e. The fourth-order valence-corrected chi connectivity index (χ4v) is 7.17. The van der Waals surface area contributed by atoms with Crippen LogP contribution in [-0.4, -0.2) is 28.9 Å². The number of amides is 1. The fourth-order valence-electron chi connectivity index (χ4n) is 6.55. The van der Waals surface area contributed by atoms with Gasteiger partial charge in [-0.1, -0.05) is 68.9 Å². The molecule has 0 aromatic heterocycles. The summed E-state index contributed by atoms with van der Waals surface area (Å²) in [5.41, 5.74) is 4.13. The number of hydrogen-bond donors (Lipinski definition) is 0. The molecule has 2 aromatic carbocycles. The Bertz CT molecular complexity index is 1150. The van der Waals surface area contributed by atoms with E-state index in [9.17, 15) is 4.79 Å². The second kappa shape index (κ2) is 8.80. The monoisotopic (exact) mass is 492 g/mol. The minimum absolute atomic E-state index is 0.0653. The molecule has 1 aliphatic heterocycles. The first-order chi connectivity index (χ1) is 16.3. The van der Waals surface area contributed by atoms with E-state index < -0.39 is 0 Å². The first-order valence-electron chi connectivity index (χ1n) is 12.4. The Morgan fingerprint density at radius 1 is 1.03 bits per heavy atom. The van der Waals surface area contributed by atoms with E-state index in [4.69, 9.17) is 23.8 Å². The topological polar surface area (TPSA) is 23.6 Å². The summed E-state index contributed by atoms with van der Waals surface area (Å²) in [5.74, 6) is 0.218. The number of hydrogen-bond acceptors (Lipinski definition) is 3. The van der Waals surface area contributed by atoms with Gasteiger partial charge in [0.2, 0.25) is 0 Å². The molecule has 1 amide bonds. The van der Waals surface area contributed by atoms with Crippen molar-refractivity contribution < 1.29 is 4.79 Å². The normalized spacial score (nSPS) is 25.5. The Balaban J connectivity index is 1.65. The van der Waals surface area contributed by atoms with Crippen LogP contribution < -0.4 is 4.90 Å². The Morgan fingerprint density at radius 2 is 1.74 bits per heavy atom. The summed E-state index contributed by atoms with van der Waals surface area (Å²) >= 11 is 12.5. The van der Waals surface area contributed by atoms with Crippen molar-refractivity contribution in [3.05, 3.63) is 76.5 Å². The van der Waals surface area contributed by atoms with Crippen LogP contribution in [0.3, 0.4) is 0 Å².